The summed E-state index contributed by atoms with van der Waals surface area (Å²) in [4.78, 5) is 16.4. The van der Waals surface area contributed by atoms with Crippen LogP contribution in [0.15, 0.2) is 34.9 Å². The number of nitrogens with one attached hydrogen (secondary N) is 1. The topological polar surface area (TPSA) is 51.2 Å². The maximum atomic E-state index is 13.0. The zero-order valence-corrected chi connectivity index (χ0v) is 14.0. The molecule has 0 spiro atoms. The molecule has 1 amide bonds. The summed E-state index contributed by atoms with van der Waals surface area (Å²) in [7, 11) is 0. The molecular formula is C17H16BrFN2O2. The molecule has 0 saturated heterocycles. The van der Waals surface area contributed by atoms with Crippen LogP contribution in [0.3, 0.4) is 0 Å². The maximum absolute atomic E-state index is 13.0. The Bertz CT molecular complexity index is 737. The fraction of sp³-hybridized carbons (Fsp3) is 0.294. The van der Waals surface area contributed by atoms with Crippen molar-refractivity contribution in [3.63, 3.8) is 0 Å². The van der Waals surface area contributed by atoms with Crippen molar-refractivity contribution in [2.75, 3.05) is 11.9 Å². The van der Waals surface area contributed by atoms with E-state index in [-0.39, 0.29) is 18.3 Å². The molecule has 1 aliphatic carbocycles. The van der Waals surface area contributed by atoms with Crippen LogP contribution in [0, 0.1) is 5.82 Å². The molecule has 4 nitrogen and oxygen atoms in total. The fourth-order valence-corrected chi connectivity index (χ4v) is 3.10. The van der Waals surface area contributed by atoms with Crippen LogP contribution in [0.1, 0.15) is 24.1 Å². The number of benzene rings is 1. The summed E-state index contributed by atoms with van der Waals surface area (Å²) in [5.74, 6) is 0.0660. The summed E-state index contributed by atoms with van der Waals surface area (Å²) in [6.07, 6.45) is 5.87. The van der Waals surface area contributed by atoms with Crippen LogP contribution in [0.4, 0.5) is 10.1 Å². The average Bonchev–Trinajstić information content (AvgIpc) is 2.55. The first kappa shape index (κ1) is 15.9. The van der Waals surface area contributed by atoms with Crippen LogP contribution >= 0.6 is 15.9 Å². The van der Waals surface area contributed by atoms with E-state index in [2.05, 4.69) is 26.2 Å². The number of anilines is 1. The molecule has 1 heterocycles. The van der Waals surface area contributed by atoms with E-state index in [0.29, 0.717) is 10.2 Å². The van der Waals surface area contributed by atoms with Crippen LogP contribution in [0.25, 0.3) is 0 Å². The lowest BCUT2D eigenvalue weighted by atomic mass is 9.95. The van der Waals surface area contributed by atoms with E-state index in [9.17, 15) is 9.18 Å². The van der Waals surface area contributed by atoms with Crippen molar-refractivity contribution in [1.82, 2.24) is 4.98 Å². The summed E-state index contributed by atoms with van der Waals surface area (Å²) in [5.41, 5.74) is 2.68. The lowest BCUT2D eigenvalue weighted by Crippen LogP contribution is -2.21. The zero-order valence-electron chi connectivity index (χ0n) is 12.4. The lowest BCUT2D eigenvalue weighted by molar-refractivity contribution is -0.118. The standard InChI is InChI=1S/C17H16BrFN2O2/c18-13-9-11(19)5-6-15(13)21-17(22)10-23-16-7-8-20-14-4-2-1-3-12(14)16/h5-9H,1-4,10H2,(H,21,22). The quantitative estimate of drug-likeness (QED) is 0.877. The molecule has 0 bridgehead atoms. The number of nitrogens with zero attached hydrogens (tertiary/aromatic N) is 1. The summed E-state index contributed by atoms with van der Waals surface area (Å²) >= 11 is 3.22. The summed E-state index contributed by atoms with van der Waals surface area (Å²) in [6.45, 7) is -0.0970. The molecule has 2 aromatic rings. The number of aryl methyl sites for hydroxylation is 1. The normalized spacial score (nSPS) is 13.3. The highest BCUT2D eigenvalue weighted by molar-refractivity contribution is 9.10. The molecule has 120 valence electrons. The second kappa shape index (κ2) is 7.08. The van der Waals surface area contributed by atoms with Gasteiger partial charge < -0.3 is 10.1 Å². The molecule has 1 aliphatic rings. The van der Waals surface area contributed by atoms with Gasteiger partial charge in [0, 0.05) is 21.9 Å². The van der Waals surface area contributed by atoms with Crippen molar-refractivity contribution in [2.45, 2.75) is 25.7 Å². The number of hydrogen-bond acceptors (Lipinski definition) is 3. The summed E-state index contributed by atoms with van der Waals surface area (Å²) < 4.78 is 19.2. The molecule has 3 rings (SSSR count). The number of hydrogen-bond donors (Lipinski definition) is 1. The van der Waals surface area contributed by atoms with E-state index in [1.165, 1.54) is 18.2 Å². The molecule has 1 N–H and O–H groups in total. The van der Waals surface area contributed by atoms with Gasteiger partial charge in [-0.1, -0.05) is 0 Å². The van der Waals surface area contributed by atoms with Gasteiger partial charge in [0.05, 0.1) is 5.69 Å². The largest absolute Gasteiger partial charge is 0.483 e. The van der Waals surface area contributed by atoms with Crippen LogP contribution in [-0.2, 0) is 17.6 Å². The van der Waals surface area contributed by atoms with Crippen molar-refractivity contribution >= 4 is 27.5 Å². The van der Waals surface area contributed by atoms with E-state index >= 15 is 0 Å². The molecule has 1 aromatic carbocycles. The molecule has 0 unspecified atom stereocenters. The van der Waals surface area contributed by atoms with Crippen molar-refractivity contribution in [2.24, 2.45) is 0 Å². The predicted octanol–water partition coefficient (Wildman–Crippen LogP) is 3.88. The van der Waals surface area contributed by atoms with Crippen molar-refractivity contribution in [3.05, 3.63) is 52.0 Å². The van der Waals surface area contributed by atoms with Crippen LogP contribution < -0.4 is 10.1 Å². The molecule has 23 heavy (non-hydrogen) atoms. The van der Waals surface area contributed by atoms with E-state index in [1.807, 2.05) is 0 Å². The first-order valence-corrected chi connectivity index (χ1v) is 8.27. The average molecular weight is 379 g/mol. The number of rotatable bonds is 4. The molecule has 1 aromatic heterocycles. The first-order valence-electron chi connectivity index (χ1n) is 7.48. The number of aromatic nitrogens is 1. The van der Waals surface area contributed by atoms with Gasteiger partial charge in [-0.2, -0.15) is 0 Å². The third kappa shape index (κ3) is 3.88. The number of halogens is 2. The highest BCUT2D eigenvalue weighted by Crippen LogP contribution is 2.28. The zero-order chi connectivity index (χ0) is 16.2. The molecule has 6 heteroatoms. The maximum Gasteiger partial charge on any atom is 0.262 e. The lowest BCUT2D eigenvalue weighted by Gasteiger charge is -2.18. The van der Waals surface area contributed by atoms with Gasteiger partial charge in [0.1, 0.15) is 11.6 Å². The molecule has 0 radical (unpaired) electrons. The minimum Gasteiger partial charge on any atom is -0.483 e. The number of carbonyl (C=O) groups excluding carboxylic acids is 1. The highest BCUT2D eigenvalue weighted by atomic mass is 79.9. The molecular weight excluding hydrogens is 363 g/mol. The Hall–Kier alpha value is -1.95. The van der Waals surface area contributed by atoms with E-state index in [0.717, 1.165) is 42.7 Å². The van der Waals surface area contributed by atoms with E-state index < -0.39 is 0 Å². The monoisotopic (exact) mass is 378 g/mol. The Morgan fingerprint density at radius 2 is 2.13 bits per heavy atom. The minimum absolute atomic E-state index is 0.0970. The van der Waals surface area contributed by atoms with Gasteiger partial charge in [0.15, 0.2) is 6.61 Å². The number of fused-ring (bicyclic) bond motifs is 1. The van der Waals surface area contributed by atoms with Gasteiger partial charge in [-0.15, -0.1) is 0 Å². The highest BCUT2D eigenvalue weighted by Gasteiger charge is 2.16. The molecule has 0 fully saturated rings. The first-order chi connectivity index (χ1) is 11.1. The summed E-state index contributed by atoms with van der Waals surface area (Å²) in [6, 6.07) is 5.90. The van der Waals surface area contributed by atoms with Gasteiger partial charge in [-0.3, -0.25) is 9.78 Å². The van der Waals surface area contributed by atoms with E-state index in [4.69, 9.17) is 4.74 Å². The minimum atomic E-state index is -0.366. The predicted molar refractivity (Wildman–Crippen MR) is 89.1 cm³/mol. The van der Waals surface area contributed by atoms with Crippen molar-refractivity contribution in [3.8, 4) is 5.75 Å². The second-order valence-corrected chi connectivity index (χ2v) is 6.26. The van der Waals surface area contributed by atoms with Gasteiger partial charge in [0.25, 0.3) is 5.91 Å². The third-order valence-electron chi connectivity index (χ3n) is 3.76. The van der Waals surface area contributed by atoms with E-state index in [1.54, 1.807) is 12.3 Å². The molecule has 0 saturated carbocycles. The Labute approximate surface area is 142 Å². The second-order valence-electron chi connectivity index (χ2n) is 5.40. The molecule has 0 aliphatic heterocycles. The Morgan fingerprint density at radius 1 is 1.30 bits per heavy atom. The molecule has 0 atom stereocenters. The third-order valence-corrected chi connectivity index (χ3v) is 4.41. The fourth-order valence-electron chi connectivity index (χ4n) is 2.65. The number of pyridine rings is 1. The van der Waals surface area contributed by atoms with Gasteiger partial charge >= 0.3 is 0 Å². The Morgan fingerprint density at radius 3 is 2.96 bits per heavy atom. The van der Waals surface area contributed by atoms with Crippen molar-refractivity contribution < 1.29 is 13.9 Å². The summed E-state index contributed by atoms with van der Waals surface area (Å²) in [5, 5.41) is 2.69. The van der Waals surface area contributed by atoms with Gasteiger partial charge in [-0.05, 0) is 65.9 Å². The smallest absolute Gasteiger partial charge is 0.262 e. The Kier molecular flexibility index (Phi) is 4.91. The Balaban J connectivity index is 1.63. The van der Waals surface area contributed by atoms with Gasteiger partial charge in [0.2, 0.25) is 0 Å². The van der Waals surface area contributed by atoms with Crippen molar-refractivity contribution in [1.29, 1.82) is 0 Å². The number of carbonyl (C=O) groups is 1. The van der Waals surface area contributed by atoms with Crippen LogP contribution in [0.2, 0.25) is 0 Å². The number of amides is 1. The van der Waals surface area contributed by atoms with Crippen LogP contribution in [-0.4, -0.2) is 17.5 Å². The van der Waals surface area contributed by atoms with Gasteiger partial charge in [-0.25, -0.2) is 4.39 Å². The van der Waals surface area contributed by atoms with Crippen LogP contribution in [0.5, 0.6) is 5.75 Å². The SMILES string of the molecule is O=C(COc1ccnc2c1CCCC2)Nc1ccc(F)cc1Br. The number of ether oxygens (including phenoxy) is 1.